The van der Waals surface area contributed by atoms with E-state index in [4.69, 9.17) is 0 Å². The molecule has 4 rings (SSSR count). The average Bonchev–Trinajstić information content (AvgIpc) is 2.73. The number of carbonyl (C=O) groups is 3. The second kappa shape index (κ2) is 7.55. The van der Waals surface area contributed by atoms with Gasteiger partial charge in [0.15, 0.2) is 5.78 Å². The second-order valence-corrected chi connectivity index (χ2v) is 7.31. The molecule has 0 radical (unpaired) electrons. The summed E-state index contributed by atoms with van der Waals surface area (Å²) in [5.41, 5.74) is 2.02. The van der Waals surface area contributed by atoms with Crippen LogP contribution in [-0.2, 0) is 9.59 Å². The van der Waals surface area contributed by atoms with Crippen LogP contribution in [0.1, 0.15) is 47.5 Å². The summed E-state index contributed by atoms with van der Waals surface area (Å²) in [6.07, 6.45) is 1.47. The summed E-state index contributed by atoms with van der Waals surface area (Å²) in [4.78, 5) is 49.0. The fourth-order valence-electron chi connectivity index (χ4n) is 4.18. The molecule has 0 bridgehead atoms. The van der Waals surface area contributed by atoms with E-state index in [-0.39, 0.29) is 29.4 Å². The third kappa shape index (κ3) is 3.36. The van der Waals surface area contributed by atoms with Crippen molar-refractivity contribution in [1.82, 2.24) is 0 Å². The second-order valence-electron chi connectivity index (χ2n) is 7.31. The van der Waals surface area contributed by atoms with E-state index in [0.29, 0.717) is 41.8 Å². The van der Waals surface area contributed by atoms with Crippen molar-refractivity contribution in [2.24, 2.45) is 0 Å². The number of benzene rings is 2. The number of carboxylic acid groups (broad SMARTS) is 1. The predicted molar refractivity (Wildman–Crippen MR) is 105 cm³/mol. The number of carbonyl (C=O) groups excluding carboxylic acids is 3. The third-order valence-corrected chi connectivity index (χ3v) is 5.52. The first kappa shape index (κ1) is 19.5. The van der Waals surface area contributed by atoms with Gasteiger partial charge in [0, 0.05) is 47.8 Å². The van der Waals surface area contributed by atoms with Gasteiger partial charge in [-0.05, 0) is 36.1 Å². The van der Waals surface area contributed by atoms with Gasteiger partial charge < -0.3 is 9.90 Å². The van der Waals surface area contributed by atoms with Gasteiger partial charge in [0.05, 0.1) is 10.9 Å². The molecule has 1 aliphatic heterocycles. The van der Waals surface area contributed by atoms with Crippen LogP contribution in [0.2, 0.25) is 0 Å². The minimum atomic E-state index is -1.35. The zero-order chi connectivity index (χ0) is 21.4. The number of nitro benzene ring substituents is 1. The van der Waals surface area contributed by atoms with E-state index >= 15 is 0 Å². The number of carboxylic acids is 1. The highest BCUT2D eigenvalue weighted by Crippen LogP contribution is 2.43. The molecule has 152 valence electrons. The first-order chi connectivity index (χ1) is 14.4. The number of rotatable bonds is 4. The summed E-state index contributed by atoms with van der Waals surface area (Å²) in [6.45, 7) is 0. The zero-order valence-corrected chi connectivity index (χ0v) is 15.9. The molecule has 0 saturated heterocycles. The van der Waals surface area contributed by atoms with Gasteiger partial charge in [0.25, 0.3) is 5.69 Å². The predicted octanol–water partition coefficient (Wildman–Crippen LogP) is 2.49. The molecule has 1 atom stereocenters. The Bertz CT molecular complexity index is 1100. The summed E-state index contributed by atoms with van der Waals surface area (Å²) in [7, 11) is 0. The Balaban J connectivity index is 1.81. The molecule has 0 spiro atoms. The van der Waals surface area contributed by atoms with Gasteiger partial charge in [-0.1, -0.05) is 24.3 Å². The molecular weight excluding hydrogens is 388 g/mol. The van der Waals surface area contributed by atoms with Crippen molar-refractivity contribution in [3.05, 3.63) is 81.0 Å². The lowest BCUT2D eigenvalue weighted by atomic mass is 9.77. The number of hydrogen-bond donors (Lipinski definition) is 0. The fraction of sp³-hybridized carbons (Fsp3) is 0.227. The van der Waals surface area contributed by atoms with Gasteiger partial charge >= 0.3 is 0 Å². The highest BCUT2D eigenvalue weighted by atomic mass is 16.6. The van der Waals surface area contributed by atoms with Crippen molar-refractivity contribution in [2.45, 2.75) is 31.6 Å². The van der Waals surface area contributed by atoms with Crippen molar-refractivity contribution in [3.63, 3.8) is 0 Å². The number of hydrogen-bond acceptors (Lipinski definition) is 6. The van der Waals surface area contributed by atoms with Crippen LogP contribution in [0.25, 0.3) is 0 Å². The van der Waals surface area contributed by atoms with E-state index in [1.165, 1.54) is 35.2 Å². The molecule has 8 nitrogen and oxygen atoms in total. The van der Waals surface area contributed by atoms with E-state index in [1.54, 1.807) is 18.2 Å². The Morgan fingerprint density at radius 1 is 1.07 bits per heavy atom. The van der Waals surface area contributed by atoms with Crippen LogP contribution in [0.3, 0.4) is 0 Å². The van der Waals surface area contributed by atoms with Crippen LogP contribution >= 0.6 is 0 Å². The molecule has 2 aromatic rings. The minimum Gasteiger partial charge on any atom is -0.545 e. The molecule has 0 unspecified atom stereocenters. The molecule has 2 aliphatic rings. The van der Waals surface area contributed by atoms with Crippen molar-refractivity contribution < 1.29 is 24.4 Å². The molecule has 2 aromatic carbocycles. The average molecular weight is 405 g/mol. The van der Waals surface area contributed by atoms with E-state index in [0.717, 1.165) is 0 Å². The largest absolute Gasteiger partial charge is 0.545 e. The Morgan fingerprint density at radius 3 is 2.47 bits per heavy atom. The first-order valence-corrected chi connectivity index (χ1v) is 9.52. The summed E-state index contributed by atoms with van der Waals surface area (Å²) < 4.78 is 0. The standard InChI is InChI=1S/C22H18N2O6/c25-19-6-2-5-18-21(19)17(13-7-9-15(10-8-13)24(29)30)12-20(26)23(18)16-4-1-3-14(11-16)22(27)28/h1,3-4,7-11,17H,2,5-6,12H2,(H,27,28)/p-1/t17-/m0/s1. The molecule has 0 aromatic heterocycles. The van der Waals surface area contributed by atoms with Gasteiger partial charge in [-0.15, -0.1) is 0 Å². The summed E-state index contributed by atoms with van der Waals surface area (Å²) in [6, 6.07) is 11.8. The van der Waals surface area contributed by atoms with E-state index in [9.17, 15) is 29.6 Å². The van der Waals surface area contributed by atoms with Crippen LogP contribution in [0, 0.1) is 10.1 Å². The van der Waals surface area contributed by atoms with Crippen LogP contribution in [0.15, 0.2) is 59.8 Å². The number of allylic oxidation sites excluding steroid dienone is 2. The van der Waals surface area contributed by atoms with Crippen molar-refractivity contribution >= 4 is 29.0 Å². The highest BCUT2D eigenvalue weighted by Gasteiger charge is 2.39. The summed E-state index contributed by atoms with van der Waals surface area (Å²) in [5.74, 6) is -2.16. The molecule has 1 aliphatic carbocycles. The van der Waals surface area contributed by atoms with Gasteiger partial charge in [0.2, 0.25) is 5.91 Å². The van der Waals surface area contributed by atoms with Crippen molar-refractivity contribution in [1.29, 1.82) is 0 Å². The molecular formula is C22H17N2O6-. The maximum absolute atomic E-state index is 13.1. The lowest BCUT2D eigenvalue weighted by Crippen LogP contribution is -2.40. The zero-order valence-electron chi connectivity index (χ0n) is 15.9. The van der Waals surface area contributed by atoms with Crippen LogP contribution in [0.4, 0.5) is 11.4 Å². The van der Waals surface area contributed by atoms with Gasteiger partial charge in [-0.3, -0.25) is 24.6 Å². The molecule has 0 N–H and O–H groups in total. The summed E-state index contributed by atoms with van der Waals surface area (Å²) in [5, 5.41) is 22.2. The third-order valence-electron chi connectivity index (χ3n) is 5.52. The van der Waals surface area contributed by atoms with Crippen LogP contribution in [-0.4, -0.2) is 22.6 Å². The molecule has 1 amide bonds. The lowest BCUT2D eigenvalue weighted by Gasteiger charge is -2.38. The first-order valence-electron chi connectivity index (χ1n) is 9.52. The number of amides is 1. The SMILES string of the molecule is O=C1CCCC2=C1[C@H](c1ccc([N+](=O)[O-])cc1)CC(=O)N2c1cccc(C(=O)[O-])c1. The molecule has 8 heteroatoms. The van der Waals surface area contributed by atoms with E-state index < -0.39 is 16.8 Å². The van der Waals surface area contributed by atoms with Gasteiger partial charge in [-0.25, -0.2) is 0 Å². The molecule has 0 fully saturated rings. The Hall–Kier alpha value is -3.81. The maximum atomic E-state index is 13.1. The fourth-order valence-corrected chi connectivity index (χ4v) is 4.18. The Kier molecular flexibility index (Phi) is 4.91. The molecule has 0 saturated carbocycles. The minimum absolute atomic E-state index is 0.0118. The normalized spacial score (nSPS) is 18.9. The Morgan fingerprint density at radius 2 is 1.80 bits per heavy atom. The number of nitrogens with zero attached hydrogens (tertiary/aromatic N) is 2. The van der Waals surface area contributed by atoms with Crippen molar-refractivity contribution in [3.8, 4) is 0 Å². The number of non-ortho nitro benzene ring substituents is 1. The lowest BCUT2D eigenvalue weighted by molar-refractivity contribution is -0.384. The molecule has 1 heterocycles. The van der Waals surface area contributed by atoms with Crippen molar-refractivity contribution in [2.75, 3.05) is 4.90 Å². The van der Waals surface area contributed by atoms with Crippen LogP contribution in [0.5, 0.6) is 0 Å². The van der Waals surface area contributed by atoms with Gasteiger partial charge in [0.1, 0.15) is 0 Å². The van der Waals surface area contributed by atoms with E-state index in [1.807, 2.05) is 0 Å². The maximum Gasteiger partial charge on any atom is 0.269 e. The number of ketones is 1. The highest BCUT2D eigenvalue weighted by molar-refractivity contribution is 6.07. The monoisotopic (exact) mass is 405 g/mol. The number of nitro groups is 1. The van der Waals surface area contributed by atoms with Gasteiger partial charge in [-0.2, -0.15) is 0 Å². The molecule has 30 heavy (non-hydrogen) atoms. The number of anilines is 1. The topological polar surface area (TPSA) is 121 Å². The smallest absolute Gasteiger partial charge is 0.269 e. The summed E-state index contributed by atoms with van der Waals surface area (Å²) >= 11 is 0. The quantitative estimate of drug-likeness (QED) is 0.569. The number of aromatic carboxylic acids is 1. The Labute approximate surface area is 171 Å². The number of Topliss-reactive ketones (excluding diaryl/α,β-unsaturated/α-hetero) is 1. The van der Waals surface area contributed by atoms with E-state index in [2.05, 4.69) is 0 Å². The van der Waals surface area contributed by atoms with Crippen LogP contribution < -0.4 is 10.0 Å².